The number of allylic oxidation sites excluding steroid dienone is 3. The highest BCUT2D eigenvalue weighted by Crippen LogP contribution is 2.33. The van der Waals surface area contributed by atoms with Gasteiger partial charge in [0.1, 0.15) is 17.0 Å². The van der Waals surface area contributed by atoms with Gasteiger partial charge >= 0.3 is 0 Å². The lowest BCUT2D eigenvalue weighted by Crippen LogP contribution is -2.23. The zero-order valence-electron chi connectivity index (χ0n) is 27.3. The van der Waals surface area contributed by atoms with E-state index < -0.39 is 0 Å². The Kier molecular flexibility index (Phi) is 8.96. The molecule has 1 aromatic carbocycles. The minimum absolute atomic E-state index is 0.202. The molecular weight excluding hydrogens is 587 g/mol. The summed E-state index contributed by atoms with van der Waals surface area (Å²) in [6.45, 7) is 4.87. The summed E-state index contributed by atoms with van der Waals surface area (Å²) in [6.07, 6.45) is 14.8. The van der Waals surface area contributed by atoms with Crippen molar-refractivity contribution in [3.63, 3.8) is 0 Å². The van der Waals surface area contributed by atoms with Gasteiger partial charge in [0.25, 0.3) is 0 Å². The van der Waals surface area contributed by atoms with Crippen LogP contribution in [0.25, 0.3) is 50.3 Å². The molecule has 2 aliphatic rings. The molecule has 9 heteroatoms. The lowest BCUT2D eigenvalue weighted by atomic mass is 9.94. The van der Waals surface area contributed by atoms with Gasteiger partial charge in [-0.25, -0.2) is 9.37 Å². The van der Waals surface area contributed by atoms with Gasteiger partial charge in [0.2, 0.25) is 0 Å². The maximum Gasteiger partial charge on any atom is 0.159 e. The minimum Gasteiger partial charge on any atom is -0.336 e. The Balaban J connectivity index is 1.18. The van der Waals surface area contributed by atoms with Gasteiger partial charge < -0.3 is 15.2 Å². The lowest BCUT2D eigenvalue weighted by Gasteiger charge is -2.16. The zero-order chi connectivity index (χ0) is 32.3. The van der Waals surface area contributed by atoms with Crippen LogP contribution in [0.2, 0.25) is 0 Å². The summed E-state index contributed by atoms with van der Waals surface area (Å²) in [5.74, 6) is 7.93. The Morgan fingerprint density at radius 1 is 1.09 bits per heavy atom. The molecule has 8 nitrogen and oxygen atoms in total. The van der Waals surface area contributed by atoms with Crippen LogP contribution in [0, 0.1) is 23.6 Å². The molecule has 4 aromatic heterocycles. The summed E-state index contributed by atoms with van der Waals surface area (Å²) in [6, 6.07) is 9.16. The molecule has 0 radical (unpaired) electrons. The average Bonchev–Trinajstić information content (AvgIpc) is 3.80. The first kappa shape index (κ1) is 31.0. The van der Waals surface area contributed by atoms with E-state index in [9.17, 15) is 4.39 Å². The number of rotatable bonds is 11. The average molecular weight is 629 g/mol. The van der Waals surface area contributed by atoms with Crippen LogP contribution in [0.5, 0.6) is 0 Å². The Labute approximate surface area is 275 Å². The molecule has 3 N–H and O–H groups in total. The van der Waals surface area contributed by atoms with Crippen molar-refractivity contribution in [3.8, 4) is 34.6 Å². The molecule has 1 atom stereocenters. The highest BCUT2D eigenvalue weighted by atomic mass is 19.1. The van der Waals surface area contributed by atoms with Crippen LogP contribution in [0.3, 0.4) is 0 Å². The van der Waals surface area contributed by atoms with E-state index in [1.54, 1.807) is 12.3 Å². The van der Waals surface area contributed by atoms with Crippen LogP contribution in [0.1, 0.15) is 62.6 Å². The van der Waals surface area contributed by atoms with Gasteiger partial charge in [0, 0.05) is 35.7 Å². The van der Waals surface area contributed by atoms with Crippen molar-refractivity contribution in [1.29, 1.82) is 0 Å². The molecule has 0 amide bonds. The lowest BCUT2D eigenvalue weighted by molar-refractivity contribution is 0.386. The number of fused-ring (bicyclic) bond motifs is 2. The quantitative estimate of drug-likeness (QED) is 0.133. The second kappa shape index (κ2) is 13.6. The monoisotopic (exact) mass is 628 g/mol. The third-order valence-electron chi connectivity index (χ3n) is 9.37. The SMILES string of the molecule is CC(CCN(C)C)c1cc(F)cc(-c2nccc3[nH]c(-c4n[nH]c5cnc(C6=CCC#CC(CNCC7CCCC7)=C6)cc45)nc23)c1. The first-order chi connectivity index (χ1) is 22.9. The van der Waals surface area contributed by atoms with Crippen LogP contribution in [-0.2, 0) is 0 Å². The van der Waals surface area contributed by atoms with Gasteiger partial charge in [-0.05, 0) is 106 Å². The normalized spacial score (nSPS) is 15.9. The van der Waals surface area contributed by atoms with Crippen molar-refractivity contribution in [1.82, 2.24) is 40.3 Å². The van der Waals surface area contributed by atoms with Crippen LogP contribution in [0.15, 0.2) is 60.5 Å². The van der Waals surface area contributed by atoms with Gasteiger partial charge in [0.05, 0.1) is 28.6 Å². The first-order valence-corrected chi connectivity index (χ1v) is 16.7. The highest BCUT2D eigenvalue weighted by molar-refractivity contribution is 5.97. The van der Waals surface area contributed by atoms with Crippen molar-refractivity contribution < 1.29 is 4.39 Å². The maximum atomic E-state index is 14.9. The second-order valence-electron chi connectivity index (χ2n) is 13.2. The number of hydrogen-bond acceptors (Lipinski definition) is 6. The molecular formula is C38H41FN8. The number of pyridine rings is 2. The summed E-state index contributed by atoms with van der Waals surface area (Å²) >= 11 is 0. The second-order valence-corrected chi connectivity index (χ2v) is 13.2. The van der Waals surface area contributed by atoms with E-state index in [2.05, 4.69) is 81.5 Å². The van der Waals surface area contributed by atoms with Gasteiger partial charge in [-0.15, -0.1) is 0 Å². The fraction of sp³-hybridized carbons (Fsp3) is 0.368. The Morgan fingerprint density at radius 2 is 1.96 bits per heavy atom. The van der Waals surface area contributed by atoms with Crippen LogP contribution >= 0.6 is 0 Å². The van der Waals surface area contributed by atoms with Crippen LogP contribution in [-0.4, -0.2) is 68.8 Å². The third-order valence-corrected chi connectivity index (χ3v) is 9.37. The number of aromatic nitrogens is 6. The van der Waals surface area contributed by atoms with Crippen molar-refractivity contribution in [3.05, 3.63) is 77.5 Å². The number of imidazole rings is 1. The molecule has 4 heterocycles. The van der Waals surface area contributed by atoms with E-state index in [1.165, 1.54) is 31.7 Å². The van der Waals surface area contributed by atoms with E-state index in [4.69, 9.17) is 9.97 Å². The van der Waals surface area contributed by atoms with Crippen LogP contribution in [0.4, 0.5) is 4.39 Å². The molecule has 0 spiro atoms. The topological polar surface area (TPSA) is 98.4 Å². The molecule has 1 saturated carbocycles. The van der Waals surface area contributed by atoms with Gasteiger partial charge in [-0.3, -0.25) is 15.1 Å². The largest absolute Gasteiger partial charge is 0.336 e. The van der Waals surface area contributed by atoms with Gasteiger partial charge in [-0.2, -0.15) is 5.10 Å². The molecule has 240 valence electrons. The molecule has 5 aromatic rings. The van der Waals surface area contributed by atoms with Crippen molar-refractivity contribution >= 4 is 27.5 Å². The number of nitrogens with one attached hydrogen (secondary N) is 3. The van der Waals surface area contributed by atoms with Crippen LogP contribution < -0.4 is 5.32 Å². The number of nitrogens with zero attached hydrogens (tertiary/aromatic N) is 5. The fourth-order valence-electron chi connectivity index (χ4n) is 6.67. The van der Waals surface area contributed by atoms with E-state index in [0.29, 0.717) is 34.7 Å². The summed E-state index contributed by atoms with van der Waals surface area (Å²) in [5.41, 5.74) is 8.25. The van der Waals surface area contributed by atoms with E-state index in [0.717, 1.165) is 70.8 Å². The first-order valence-electron chi connectivity index (χ1n) is 16.7. The fourth-order valence-corrected chi connectivity index (χ4v) is 6.67. The van der Waals surface area contributed by atoms with Crippen molar-refractivity contribution in [2.24, 2.45) is 5.92 Å². The summed E-state index contributed by atoms with van der Waals surface area (Å²) < 4.78 is 14.9. The Hall–Kier alpha value is -4.65. The van der Waals surface area contributed by atoms with Gasteiger partial charge in [-0.1, -0.05) is 37.7 Å². The predicted octanol–water partition coefficient (Wildman–Crippen LogP) is 7.25. The molecule has 0 saturated heterocycles. The highest BCUT2D eigenvalue weighted by Gasteiger charge is 2.19. The van der Waals surface area contributed by atoms with Gasteiger partial charge in [0.15, 0.2) is 5.82 Å². The van der Waals surface area contributed by atoms with E-state index >= 15 is 0 Å². The maximum absolute atomic E-state index is 14.9. The van der Waals surface area contributed by atoms with Crippen molar-refractivity contribution in [2.45, 2.75) is 51.4 Å². The number of hydrogen-bond donors (Lipinski definition) is 3. The van der Waals surface area contributed by atoms with Crippen molar-refractivity contribution in [2.75, 3.05) is 33.7 Å². The Bertz CT molecular complexity index is 2030. The summed E-state index contributed by atoms with van der Waals surface area (Å²) in [7, 11) is 4.10. The number of halogens is 1. The molecule has 47 heavy (non-hydrogen) atoms. The summed E-state index contributed by atoms with van der Waals surface area (Å²) in [5, 5.41) is 12.3. The molecule has 1 unspecified atom stereocenters. The zero-order valence-corrected chi connectivity index (χ0v) is 27.3. The smallest absolute Gasteiger partial charge is 0.159 e. The third kappa shape index (κ3) is 6.90. The minimum atomic E-state index is -0.276. The number of aromatic amines is 2. The Morgan fingerprint density at radius 3 is 2.81 bits per heavy atom. The number of benzene rings is 1. The van der Waals surface area contributed by atoms with E-state index in [-0.39, 0.29) is 11.7 Å². The molecule has 7 rings (SSSR count). The predicted molar refractivity (Wildman–Crippen MR) is 187 cm³/mol. The molecule has 2 aliphatic carbocycles. The molecule has 0 aliphatic heterocycles. The van der Waals surface area contributed by atoms with E-state index in [1.807, 2.05) is 18.3 Å². The number of H-pyrrole nitrogens is 2. The standard InChI is InChI=1S/C38H41FN8/c1-24(13-15-47(2)3)28-17-29(19-30(39)18-28)35-37-32(12-14-41-35)43-38(44-37)36-31-20-33(42-23-34(31)45-46-36)27-11-7-6-10-26(16-27)22-40-21-25-8-4-5-9-25/h11-12,14,16-20,23-25,40H,4-5,7-9,13,15,21-22H2,1-3H3,(H,43,44)(H,45,46). The molecule has 1 fully saturated rings. The molecule has 0 bridgehead atoms. The summed E-state index contributed by atoms with van der Waals surface area (Å²) in [4.78, 5) is 20.0.